The second-order valence-electron chi connectivity index (χ2n) is 4.97. The summed E-state index contributed by atoms with van der Waals surface area (Å²) in [4.78, 5) is 13.7. The molecule has 3 N–H and O–H groups in total. The van der Waals surface area contributed by atoms with Crippen LogP contribution >= 0.6 is 0 Å². The Kier molecular flexibility index (Phi) is 3.95. The Morgan fingerprint density at radius 3 is 2.95 bits per heavy atom. The van der Waals surface area contributed by atoms with Crippen molar-refractivity contribution >= 4 is 17.3 Å². The van der Waals surface area contributed by atoms with Gasteiger partial charge in [0, 0.05) is 6.54 Å². The molecule has 5 nitrogen and oxygen atoms in total. The van der Waals surface area contributed by atoms with Crippen molar-refractivity contribution in [2.75, 3.05) is 30.9 Å². The van der Waals surface area contributed by atoms with Crippen molar-refractivity contribution in [3.8, 4) is 0 Å². The number of nitrogens with zero attached hydrogens (tertiary/aromatic N) is 1. The van der Waals surface area contributed by atoms with E-state index in [0.29, 0.717) is 17.2 Å². The number of methoxy groups -OCH3 is 1. The summed E-state index contributed by atoms with van der Waals surface area (Å²) in [7, 11) is 1.35. The Bertz CT molecular complexity index is 476. The summed E-state index contributed by atoms with van der Waals surface area (Å²) in [5, 5.41) is 9.51. The summed E-state index contributed by atoms with van der Waals surface area (Å²) in [6, 6.07) is 5.15. The number of ether oxygens (including phenoxy) is 1. The predicted molar refractivity (Wildman–Crippen MR) is 74.2 cm³/mol. The number of rotatable bonds is 3. The molecule has 0 radical (unpaired) electrons. The van der Waals surface area contributed by atoms with Crippen molar-refractivity contribution in [1.29, 1.82) is 0 Å². The van der Waals surface area contributed by atoms with Crippen LogP contribution in [0.3, 0.4) is 0 Å². The fourth-order valence-corrected chi connectivity index (χ4v) is 2.62. The van der Waals surface area contributed by atoms with Crippen LogP contribution in [0.4, 0.5) is 11.4 Å². The van der Waals surface area contributed by atoms with Gasteiger partial charge in [-0.3, -0.25) is 0 Å². The van der Waals surface area contributed by atoms with Gasteiger partial charge in [0.15, 0.2) is 0 Å². The minimum atomic E-state index is -0.381. The number of anilines is 2. The van der Waals surface area contributed by atoms with E-state index in [0.717, 1.165) is 18.7 Å². The fraction of sp³-hybridized carbons (Fsp3) is 0.500. The second kappa shape index (κ2) is 5.48. The van der Waals surface area contributed by atoms with E-state index in [2.05, 4.69) is 11.8 Å². The van der Waals surface area contributed by atoms with E-state index >= 15 is 0 Å². The average molecular weight is 264 g/mol. The standard InChI is InChI=1S/C14H20N2O3/c1-9-5-6-16(13(9)8-17)12-7-10(14(18)19-2)3-4-11(12)15/h3-4,7,9,13,17H,5-6,8,15H2,1-2H3. The Morgan fingerprint density at radius 2 is 2.32 bits per heavy atom. The summed E-state index contributed by atoms with van der Waals surface area (Å²) in [6.45, 7) is 3.03. The van der Waals surface area contributed by atoms with Gasteiger partial charge in [-0.05, 0) is 30.5 Å². The van der Waals surface area contributed by atoms with Gasteiger partial charge in [0.2, 0.25) is 0 Å². The van der Waals surface area contributed by atoms with E-state index in [1.165, 1.54) is 7.11 Å². The molecule has 1 heterocycles. The highest BCUT2D eigenvalue weighted by Crippen LogP contribution is 2.33. The van der Waals surface area contributed by atoms with E-state index < -0.39 is 0 Å². The Labute approximate surface area is 113 Å². The van der Waals surface area contributed by atoms with Crippen LogP contribution in [0.25, 0.3) is 0 Å². The van der Waals surface area contributed by atoms with Gasteiger partial charge in [0.25, 0.3) is 0 Å². The molecule has 2 unspecified atom stereocenters. The summed E-state index contributed by atoms with van der Waals surface area (Å²) in [5.41, 5.74) is 7.88. The fourth-order valence-electron chi connectivity index (χ4n) is 2.62. The number of aliphatic hydroxyl groups is 1. The molecule has 19 heavy (non-hydrogen) atoms. The third kappa shape index (κ3) is 2.51. The van der Waals surface area contributed by atoms with Crippen molar-refractivity contribution in [2.24, 2.45) is 5.92 Å². The lowest BCUT2D eigenvalue weighted by Crippen LogP contribution is -2.35. The Hall–Kier alpha value is -1.75. The van der Waals surface area contributed by atoms with Crippen LogP contribution < -0.4 is 10.6 Å². The normalized spacial score (nSPS) is 22.6. The summed E-state index contributed by atoms with van der Waals surface area (Å²) < 4.78 is 4.72. The lowest BCUT2D eigenvalue weighted by molar-refractivity contribution is 0.0601. The van der Waals surface area contributed by atoms with Crippen molar-refractivity contribution in [3.05, 3.63) is 23.8 Å². The molecule has 1 fully saturated rings. The van der Waals surface area contributed by atoms with Crippen LogP contribution in [0.15, 0.2) is 18.2 Å². The topological polar surface area (TPSA) is 75.8 Å². The van der Waals surface area contributed by atoms with Gasteiger partial charge >= 0.3 is 5.97 Å². The maximum absolute atomic E-state index is 11.6. The minimum absolute atomic E-state index is 0.0511. The number of carbonyl (C=O) groups is 1. The molecular weight excluding hydrogens is 244 g/mol. The number of nitrogen functional groups attached to an aromatic ring is 1. The van der Waals surface area contributed by atoms with Crippen LogP contribution in [0.2, 0.25) is 0 Å². The number of nitrogens with two attached hydrogens (primary N) is 1. The molecule has 1 aromatic rings. The maximum Gasteiger partial charge on any atom is 0.337 e. The highest BCUT2D eigenvalue weighted by Gasteiger charge is 2.31. The number of aliphatic hydroxyl groups excluding tert-OH is 1. The Morgan fingerprint density at radius 1 is 1.58 bits per heavy atom. The number of esters is 1. The molecule has 0 spiro atoms. The van der Waals surface area contributed by atoms with E-state index in [1.54, 1.807) is 18.2 Å². The van der Waals surface area contributed by atoms with Gasteiger partial charge in [-0.1, -0.05) is 6.92 Å². The molecule has 1 saturated heterocycles. The second-order valence-corrected chi connectivity index (χ2v) is 4.97. The first-order chi connectivity index (χ1) is 9.08. The summed E-state index contributed by atoms with van der Waals surface area (Å²) in [6.07, 6.45) is 1.01. The summed E-state index contributed by atoms with van der Waals surface area (Å²) >= 11 is 0. The zero-order chi connectivity index (χ0) is 14.0. The number of hydrogen-bond acceptors (Lipinski definition) is 5. The molecule has 1 aliphatic heterocycles. The zero-order valence-corrected chi connectivity index (χ0v) is 11.3. The molecule has 1 aliphatic rings. The summed E-state index contributed by atoms with van der Waals surface area (Å²) in [5.74, 6) is 0.0280. The smallest absolute Gasteiger partial charge is 0.337 e. The monoisotopic (exact) mass is 264 g/mol. The van der Waals surface area contributed by atoms with Crippen molar-refractivity contribution in [2.45, 2.75) is 19.4 Å². The molecule has 0 amide bonds. The molecule has 104 valence electrons. The lowest BCUT2D eigenvalue weighted by atomic mass is 10.0. The molecule has 0 bridgehead atoms. The third-order valence-electron chi connectivity index (χ3n) is 3.83. The van der Waals surface area contributed by atoms with Gasteiger partial charge < -0.3 is 20.5 Å². The molecule has 0 saturated carbocycles. The van der Waals surface area contributed by atoms with Crippen LogP contribution in [-0.2, 0) is 4.74 Å². The highest BCUT2D eigenvalue weighted by molar-refractivity contribution is 5.92. The van der Waals surface area contributed by atoms with Crippen molar-refractivity contribution in [1.82, 2.24) is 0 Å². The van der Waals surface area contributed by atoms with Gasteiger partial charge in [-0.2, -0.15) is 0 Å². The zero-order valence-electron chi connectivity index (χ0n) is 11.3. The van der Waals surface area contributed by atoms with Crippen LogP contribution in [0, 0.1) is 5.92 Å². The van der Waals surface area contributed by atoms with E-state index in [9.17, 15) is 9.90 Å². The first-order valence-corrected chi connectivity index (χ1v) is 6.43. The first-order valence-electron chi connectivity index (χ1n) is 6.43. The van der Waals surface area contributed by atoms with E-state index in [4.69, 9.17) is 10.5 Å². The van der Waals surface area contributed by atoms with E-state index in [-0.39, 0.29) is 18.6 Å². The van der Waals surface area contributed by atoms with Gasteiger partial charge in [-0.15, -0.1) is 0 Å². The van der Waals surface area contributed by atoms with Gasteiger partial charge in [0.05, 0.1) is 36.7 Å². The molecule has 0 aromatic heterocycles. The molecule has 2 atom stereocenters. The largest absolute Gasteiger partial charge is 0.465 e. The number of benzene rings is 1. The van der Waals surface area contributed by atoms with Crippen molar-refractivity contribution in [3.63, 3.8) is 0 Å². The van der Waals surface area contributed by atoms with Gasteiger partial charge in [-0.25, -0.2) is 4.79 Å². The number of hydrogen-bond donors (Lipinski definition) is 2. The quantitative estimate of drug-likeness (QED) is 0.635. The molecule has 5 heteroatoms. The van der Waals surface area contributed by atoms with E-state index in [1.807, 2.05) is 0 Å². The molecule has 2 rings (SSSR count). The highest BCUT2D eigenvalue weighted by atomic mass is 16.5. The average Bonchev–Trinajstić information content (AvgIpc) is 2.79. The van der Waals surface area contributed by atoms with Crippen LogP contribution in [0.1, 0.15) is 23.7 Å². The molecule has 0 aliphatic carbocycles. The Balaban J connectivity index is 2.36. The lowest BCUT2D eigenvalue weighted by Gasteiger charge is -2.28. The third-order valence-corrected chi connectivity index (χ3v) is 3.83. The maximum atomic E-state index is 11.6. The van der Waals surface area contributed by atoms with Crippen LogP contribution in [0.5, 0.6) is 0 Å². The number of carbonyl (C=O) groups excluding carboxylic acids is 1. The van der Waals surface area contributed by atoms with Gasteiger partial charge in [0.1, 0.15) is 0 Å². The SMILES string of the molecule is COC(=O)c1ccc(N)c(N2CCC(C)C2CO)c1. The predicted octanol–water partition coefficient (Wildman–Crippen LogP) is 1.26. The first kappa shape index (κ1) is 13.7. The van der Waals surface area contributed by atoms with Crippen molar-refractivity contribution < 1.29 is 14.6 Å². The minimum Gasteiger partial charge on any atom is -0.465 e. The molecule has 1 aromatic carbocycles. The molecular formula is C14H20N2O3. The van der Waals surface area contributed by atoms with Crippen LogP contribution in [-0.4, -0.2) is 37.4 Å².